The monoisotopic (exact) mass is 422 g/mol. The summed E-state index contributed by atoms with van der Waals surface area (Å²) < 4.78 is 35.9. The minimum absolute atomic E-state index is 0.255. The zero-order valence-corrected chi connectivity index (χ0v) is 20.7. The Hall–Kier alpha value is 0.830. The number of aliphatic hydroxyl groups is 1. The van der Waals surface area contributed by atoms with E-state index in [0.29, 0.717) is 17.8 Å². The number of fused-ring (bicyclic) bond motifs is 5. The molecular formula is C21H35NaO5S. The summed E-state index contributed by atoms with van der Waals surface area (Å²) in [4.78, 5) is 0. The van der Waals surface area contributed by atoms with E-state index in [1.165, 1.54) is 32.1 Å². The van der Waals surface area contributed by atoms with Crippen LogP contribution in [0.25, 0.3) is 0 Å². The first-order chi connectivity index (χ1) is 12.8. The average molecular weight is 423 g/mol. The fraction of sp³-hybridized carbons (Fsp3) is 1.00. The maximum absolute atomic E-state index is 11.2. The van der Waals surface area contributed by atoms with Crippen molar-refractivity contribution in [1.29, 1.82) is 0 Å². The van der Waals surface area contributed by atoms with Gasteiger partial charge in [0.1, 0.15) is 0 Å². The maximum atomic E-state index is 11.2. The van der Waals surface area contributed by atoms with Crippen LogP contribution in [0.4, 0.5) is 0 Å². The second-order valence-electron chi connectivity index (χ2n) is 11.4. The van der Waals surface area contributed by atoms with Gasteiger partial charge < -0.3 is 0 Å². The molecule has 0 unspecified atom stereocenters. The van der Waals surface area contributed by atoms with Gasteiger partial charge in [0.15, 0.2) is 0 Å². The Kier molecular flexibility index (Phi) is 5.65. The summed E-state index contributed by atoms with van der Waals surface area (Å²) in [6, 6.07) is 0. The van der Waals surface area contributed by atoms with E-state index in [1.54, 1.807) is 0 Å². The van der Waals surface area contributed by atoms with Crippen molar-refractivity contribution in [2.75, 3.05) is 0 Å². The molecule has 0 radical (unpaired) electrons. The summed E-state index contributed by atoms with van der Waals surface area (Å²) in [7, 11) is -4.37. The van der Waals surface area contributed by atoms with Gasteiger partial charge >= 0.3 is 176 Å². The van der Waals surface area contributed by atoms with Gasteiger partial charge in [-0.05, 0) is 0 Å². The van der Waals surface area contributed by atoms with E-state index < -0.39 is 13.2 Å². The summed E-state index contributed by atoms with van der Waals surface area (Å²) in [5, 5.41) is 10.9. The molecule has 0 bridgehead atoms. The molecule has 2 N–H and O–H groups in total. The molecule has 5 nitrogen and oxygen atoms in total. The molecule has 0 amide bonds. The van der Waals surface area contributed by atoms with Gasteiger partial charge in [-0.1, -0.05) is 0 Å². The van der Waals surface area contributed by atoms with Crippen LogP contribution in [0, 0.1) is 40.4 Å². The van der Waals surface area contributed by atoms with Crippen molar-refractivity contribution in [1.82, 2.24) is 0 Å². The zero-order valence-electron chi connectivity index (χ0n) is 17.9. The first-order valence-corrected chi connectivity index (χ1v) is 13.6. The van der Waals surface area contributed by atoms with Crippen molar-refractivity contribution >= 4 is 38.3 Å². The third-order valence-electron chi connectivity index (χ3n) is 9.73. The van der Waals surface area contributed by atoms with Crippen molar-refractivity contribution in [3.8, 4) is 0 Å². The van der Waals surface area contributed by atoms with Crippen LogP contribution >= 0.6 is 0 Å². The first kappa shape index (κ1) is 22.0. The van der Waals surface area contributed by atoms with Crippen LogP contribution in [0.3, 0.4) is 0 Å². The summed E-state index contributed by atoms with van der Waals surface area (Å²) >= 11 is 0.831. The molecule has 4 saturated carbocycles. The molecule has 4 aliphatic rings. The molecule has 0 heterocycles. The molecule has 0 aromatic rings. The molecule has 4 fully saturated rings. The fourth-order valence-corrected chi connectivity index (χ4v) is 10.1. The zero-order chi connectivity index (χ0) is 20.5. The molecule has 0 saturated heterocycles. The molecule has 156 valence electrons. The first-order valence-electron chi connectivity index (χ1n) is 11.2. The van der Waals surface area contributed by atoms with Gasteiger partial charge in [-0.3, -0.25) is 4.55 Å². The van der Waals surface area contributed by atoms with Crippen molar-refractivity contribution < 1.29 is 22.3 Å². The summed E-state index contributed by atoms with van der Waals surface area (Å²) in [5.41, 5.74) is 0.534. The average Bonchev–Trinajstić information content (AvgIpc) is 2.91. The Balaban J connectivity index is 1.53. The van der Waals surface area contributed by atoms with Crippen molar-refractivity contribution in [2.45, 2.75) is 87.5 Å². The summed E-state index contributed by atoms with van der Waals surface area (Å²) in [5.74, 6) is 3.10. The van der Waals surface area contributed by atoms with Gasteiger partial charge in [-0.2, -0.15) is 8.42 Å². The molecule has 4 rings (SSSR count). The fourth-order valence-electron chi connectivity index (χ4n) is 8.64. The van der Waals surface area contributed by atoms with E-state index in [0.717, 1.165) is 65.4 Å². The van der Waals surface area contributed by atoms with Crippen LogP contribution in [0.1, 0.15) is 78.6 Å². The van der Waals surface area contributed by atoms with Crippen LogP contribution in [0.2, 0.25) is 0 Å². The Bertz CT molecular complexity index is 719. The van der Waals surface area contributed by atoms with Crippen molar-refractivity contribution in [2.24, 2.45) is 40.4 Å². The molecule has 9 atom stereocenters. The number of rotatable bonds is 3. The normalized spacial score (nSPS) is 51.0. The molecular weight excluding hydrogens is 387 g/mol. The predicted octanol–water partition coefficient (Wildman–Crippen LogP) is 3.71. The van der Waals surface area contributed by atoms with E-state index >= 15 is 0 Å². The van der Waals surface area contributed by atoms with E-state index in [1.807, 2.05) is 0 Å². The van der Waals surface area contributed by atoms with Gasteiger partial charge in [0.05, 0.1) is 0 Å². The topological polar surface area (TPSA) is 83.8 Å². The SMILES string of the molecule is C[C@]12CC[C@H](OS(=O)(=O)O)C[C@@H]1CC[C@@H]1[C@@H]2CC[C@@]2(C)[C@H]1CC[C@@H]2[C@](C)(O)[Na]. The Morgan fingerprint density at radius 3 is 2.29 bits per heavy atom. The third-order valence-corrected chi connectivity index (χ3v) is 10.9. The van der Waals surface area contributed by atoms with Crippen molar-refractivity contribution in [3.63, 3.8) is 0 Å². The molecule has 4 aliphatic carbocycles. The third kappa shape index (κ3) is 3.67. The van der Waals surface area contributed by atoms with Crippen LogP contribution < -0.4 is 0 Å². The van der Waals surface area contributed by atoms with Gasteiger partial charge in [0, 0.05) is 0 Å². The van der Waals surface area contributed by atoms with E-state index in [2.05, 4.69) is 20.8 Å². The van der Waals surface area contributed by atoms with Gasteiger partial charge in [0.25, 0.3) is 0 Å². The van der Waals surface area contributed by atoms with Crippen LogP contribution in [0.5, 0.6) is 0 Å². The Morgan fingerprint density at radius 2 is 1.64 bits per heavy atom. The summed E-state index contributed by atoms with van der Waals surface area (Å²) in [6.45, 7) is 6.96. The Labute approximate surface area is 187 Å². The van der Waals surface area contributed by atoms with Crippen molar-refractivity contribution in [3.05, 3.63) is 0 Å². The number of hydrogen-bond donors (Lipinski definition) is 2. The minimum atomic E-state index is -4.37. The standard InChI is InChI=1S/C21H35O5S.Na/c1-13(22)17-6-7-18-16-5-4-14-12-15(26-27(23,24)25)8-10-20(14,2)19(16)9-11-21(17,18)3;/h14-19,22H,4-12H2,1-3H3,(H,23,24,25);/t14-,15-,16-,17+,18-,19-,20-,21+;/m0./s1. The molecule has 28 heavy (non-hydrogen) atoms. The van der Waals surface area contributed by atoms with E-state index in [9.17, 15) is 13.5 Å². The predicted molar refractivity (Wildman–Crippen MR) is 108 cm³/mol. The molecule has 7 heteroatoms. The van der Waals surface area contributed by atoms with Crippen LogP contribution in [-0.4, -0.2) is 55.0 Å². The van der Waals surface area contributed by atoms with Crippen LogP contribution in [-0.2, 0) is 14.6 Å². The van der Waals surface area contributed by atoms with E-state index in [-0.39, 0.29) is 16.9 Å². The van der Waals surface area contributed by atoms with Gasteiger partial charge in [0.2, 0.25) is 0 Å². The van der Waals surface area contributed by atoms with Gasteiger partial charge in [-0.15, -0.1) is 0 Å². The molecule has 0 aliphatic heterocycles. The van der Waals surface area contributed by atoms with Crippen LogP contribution in [0.15, 0.2) is 0 Å². The second-order valence-corrected chi connectivity index (χ2v) is 14.5. The second kappa shape index (κ2) is 7.18. The summed E-state index contributed by atoms with van der Waals surface area (Å²) in [6.07, 6.45) is 9.34. The molecule has 0 aromatic carbocycles. The quantitative estimate of drug-likeness (QED) is 0.535. The molecule has 0 spiro atoms. The number of hydrogen-bond acceptors (Lipinski definition) is 4. The molecule has 0 aromatic heterocycles. The Morgan fingerprint density at radius 1 is 1.00 bits per heavy atom. The van der Waals surface area contributed by atoms with E-state index in [4.69, 9.17) is 8.74 Å². The van der Waals surface area contributed by atoms with Gasteiger partial charge in [-0.25, -0.2) is 0 Å².